The smallest absolute Gasteiger partial charge is 0.225 e. The van der Waals surface area contributed by atoms with Crippen LogP contribution in [0, 0.1) is 23.7 Å². The van der Waals surface area contributed by atoms with E-state index in [1.807, 2.05) is 11.9 Å². The van der Waals surface area contributed by atoms with Crippen molar-refractivity contribution in [3.05, 3.63) is 0 Å². The maximum atomic E-state index is 12.7. The van der Waals surface area contributed by atoms with Crippen molar-refractivity contribution in [2.24, 2.45) is 23.7 Å². The van der Waals surface area contributed by atoms with Gasteiger partial charge in [0.1, 0.15) is 0 Å². The summed E-state index contributed by atoms with van der Waals surface area (Å²) in [7, 11) is 1.97. The number of piperidine rings is 1. The van der Waals surface area contributed by atoms with Gasteiger partial charge in [0, 0.05) is 44.7 Å². The van der Waals surface area contributed by atoms with E-state index in [9.17, 15) is 4.79 Å². The summed E-state index contributed by atoms with van der Waals surface area (Å²) in [6.07, 6.45) is 5.97. The highest BCUT2D eigenvalue weighted by molar-refractivity contribution is 5.79. The molecule has 0 N–H and O–H groups in total. The van der Waals surface area contributed by atoms with Gasteiger partial charge in [-0.25, -0.2) is 0 Å². The van der Waals surface area contributed by atoms with Crippen LogP contribution >= 0.6 is 0 Å². The molecule has 24 heavy (non-hydrogen) atoms. The molecule has 0 aromatic rings. The van der Waals surface area contributed by atoms with E-state index < -0.39 is 0 Å². The third-order valence-corrected chi connectivity index (χ3v) is 6.61. The van der Waals surface area contributed by atoms with Crippen molar-refractivity contribution in [2.75, 3.05) is 53.1 Å². The standard InChI is InChI=1S/C19H32N2O3/c1-20-10-15(12-24-11-14-2-3-14)17-4-7-21(16-6-9-23-13-16)8-5-18(17)19(20)22/h14-18H,2-13H2,1H3/t15-,16?,17+,18+/m0/s1. The van der Waals surface area contributed by atoms with Gasteiger partial charge in [-0.3, -0.25) is 9.69 Å². The topological polar surface area (TPSA) is 42.0 Å². The van der Waals surface area contributed by atoms with Gasteiger partial charge in [0.15, 0.2) is 0 Å². The van der Waals surface area contributed by atoms with Crippen LogP contribution in [-0.2, 0) is 14.3 Å². The monoisotopic (exact) mass is 336 g/mol. The molecule has 1 saturated carbocycles. The highest BCUT2D eigenvalue weighted by atomic mass is 16.5. The molecular formula is C19H32N2O3. The van der Waals surface area contributed by atoms with Crippen molar-refractivity contribution >= 4 is 5.91 Å². The van der Waals surface area contributed by atoms with Crippen LogP contribution in [0.3, 0.4) is 0 Å². The molecule has 4 rings (SSSR count). The van der Waals surface area contributed by atoms with Gasteiger partial charge in [-0.15, -0.1) is 0 Å². The normalized spacial score (nSPS) is 38.2. The molecule has 3 heterocycles. The minimum absolute atomic E-state index is 0.200. The largest absolute Gasteiger partial charge is 0.381 e. The zero-order chi connectivity index (χ0) is 16.5. The molecule has 1 aliphatic carbocycles. The lowest BCUT2D eigenvalue weighted by atomic mass is 9.75. The minimum Gasteiger partial charge on any atom is -0.381 e. The minimum atomic E-state index is 0.200. The summed E-state index contributed by atoms with van der Waals surface area (Å²) < 4.78 is 11.6. The quantitative estimate of drug-likeness (QED) is 0.765. The number of fused-ring (bicyclic) bond motifs is 1. The summed E-state index contributed by atoms with van der Waals surface area (Å²) in [4.78, 5) is 17.3. The number of rotatable bonds is 5. The van der Waals surface area contributed by atoms with E-state index in [4.69, 9.17) is 9.47 Å². The van der Waals surface area contributed by atoms with Crippen molar-refractivity contribution in [3.8, 4) is 0 Å². The predicted molar refractivity (Wildman–Crippen MR) is 91.7 cm³/mol. The van der Waals surface area contributed by atoms with Crippen LogP contribution < -0.4 is 0 Å². The van der Waals surface area contributed by atoms with Gasteiger partial charge in [0.25, 0.3) is 0 Å². The van der Waals surface area contributed by atoms with Gasteiger partial charge in [-0.2, -0.15) is 0 Å². The van der Waals surface area contributed by atoms with Crippen LogP contribution in [0.4, 0.5) is 0 Å². The fourth-order valence-electron chi connectivity index (χ4n) is 4.90. The molecule has 0 spiro atoms. The molecule has 3 saturated heterocycles. The molecule has 3 aliphatic heterocycles. The third-order valence-electron chi connectivity index (χ3n) is 6.61. The van der Waals surface area contributed by atoms with E-state index in [0.29, 0.717) is 23.8 Å². The van der Waals surface area contributed by atoms with Crippen molar-refractivity contribution in [3.63, 3.8) is 0 Å². The van der Waals surface area contributed by atoms with E-state index in [0.717, 1.165) is 71.2 Å². The molecule has 0 aromatic heterocycles. The number of nitrogens with zero attached hydrogens (tertiary/aromatic N) is 2. The number of likely N-dealkylation sites (tertiary alicyclic amines) is 2. The molecule has 0 bridgehead atoms. The van der Waals surface area contributed by atoms with Gasteiger partial charge < -0.3 is 14.4 Å². The SMILES string of the molecule is CN1C[C@@H](COCC2CC2)[C@H]2CCN(C3CCOC3)CC[C@H]2C1=O. The van der Waals surface area contributed by atoms with Crippen LogP contribution in [0.15, 0.2) is 0 Å². The second kappa shape index (κ2) is 7.30. The lowest BCUT2D eigenvalue weighted by molar-refractivity contribution is -0.144. The highest BCUT2D eigenvalue weighted by Crippen LogP contribution is 2.37. The summed E-state index contributed by atoms with van der Waals surface area (Å²) in [5.74, 6) is 2.39. The number of hydrogen-bond donors (Lipinski definition) is 0. The van der Waals surface area contributed by atoms with E-state index >= 15 is 0 Å². The van der Waals surface area contributed by atoms with E-state index in [-0.39, 0.29) is 5.92 Å². The van der Waals surface area contributed by atoms with Gasteiger partial charge in [0.2, 0.25) is 5.91 Å². The molecule has 1 unspecified atom stereocenters. The zero-order valence-electron chi connectivity index (χ0n) is 15.0. The Morgan fingerprint density at radius 2 is 1.96 bits per heavy atom. The van der Waals surface area contributed by atoms with Crippen molar-refractivity contribution in [1.29, 1.82) is 0 Å². The van der Waals surface area contributed by atoms with Crippen LogP contribution in [0.25, 0.3) is 0 Å². The molecule has 0 aromatic carbocycles. The average molecular weight is 336 g/mol. The first-order valence-electron chi connectivity index (χ1n) is 9.87. The summed E-state index contributed by atoms with van der Waals surface area (Å²) in [6.45, 7) is 6.57. The molecule has 4 aliphatic rings. The van der Waals surface area contributed by atoms with Gasteiger partial charge in [-0.1, -0.05) is 0 Å². The Morgan fingerprint density at radius 1 is 1.12 bits per heavy atom. The molecule has 4 atom stereocenters. The number of ether oxygens (including phenoxy) is 2. The number of carbonyl (C=O) groups excluding carboxylic acids is 1. The van der Waals surface area contributed by atoms with Gasteiger partial charge >= 0.3 is 0 Å². The first kappa shape index (κ1) is 16.8. The first-order valence-corrected chi connectivity index (χ1v) is 9.87. The Balaban J connectivity index is 1.39. The lowest BCUT2D eigenvalue weighted by Gasteiger charge is -2.41. The summed E-state index contributed by atoms with van der Waals surface area (Å²) >= 11 is 0. The van der Waals surface area contributed by atoms with Crippen molar-refractivity contribution in [2.45, 2.75) is 38.1 Å². The van der Waals surface area contributed by atoms with E-state index in [1.165, 1.54) is 12.8 Å². The molecule has 5 heteroatoms. The highest BCUT2D eigenvalue weighted by Gasteiger charge is 2.43. The summed E-state index contributed by atoms with van der Waals surface area (Å²) in [5.41, 5.74) is 0. The van der Waals surface area contributed by atoms with Crippen LogP contribution in [-0.4, -0.2) is 74.9 Å². The summed E-state index contributed by atoms with van der Waals surface area (Å²) in [6, 6.07) is 0.572. The Hall–Kier alpha value is -0.650. The second-order valence-corrected chi connectivity index (χ2v) is 8.36. The Bertz CT molecular complexity index is 448. The molecule has 1 amide bonds. The fourth-order valence-corrected chi connectivity index (χ4v) is 4.90. The number of hydrogen-bond acceptors (Lipinski definition) is 4. The second-order valence-electron chi connectivity index (χ2n) is 8.36. The molecule has 5 nitrogen and oxygen atoms in total. The summed E-state index contributed by atoms with van der Waals surface area (Å²) in [5, 5.41) is 0. The maximum absolute atomic E-state index is 12.7. The number of amides is 1. The van der Waals surface area contributed by atoms with Crippen molar-refractivity contribution < 1.29 is 14.3 Å². The molecule has 0 radical (unpaired) electrons. The van der Waals surface area contributed by atoms with Crippen LogP contribution in [0.2, 0.25) is 0 Å². The lowest BCUT2D eigenvalue weighted by Crippen LogP contribution is -2.50. The zero-order valence-corrected chi connectivity index (χ0v) is 15.0. The van der Waals surface area contributed by atoms with Gasteiger partial charge in [0.05, 0.1) is 13.2 Å². The van der Waals surface area contributed by atoms with E-state index in [1.54, 1.807) is 0 Å². The third kappa shape index (κ3) is 3.63. The number of carbonyl (C=O) groups is 1. The Labute approximate surface area is 145 Å². The average Bonchev–Trinajstić information content (AvgIpc) is 3.30. The predicted octanol–water partition coefficient (Wildman–Crippen LogP) is 1.62. The van der Waals surface area contributed by atoms with Crippen LogP contribution in [0.5, 0.6) is 0 Å². The Kier molecular flexibility index (Phi) is 5.11. The Morgan fingerprint density at radius 3 is 2.71 bits per heavy atom. The van der Waals surface area contributed by atoms with Gasteiger partial charge in [-0.05, 0) is 57.0 Å². The van der Waals surface area contributed by atoms with E-state index in [2.05, 4.69) is 4.90 Å². The van der Waals surface area contributed by atoms with Crippen molar-refractivity contribution in [1.82, 2.24) is 9.80 Å². The molecule has 4 fully saturated rings. The maximum Gasteiger partial charge on any atom is 0.225 e. The van der Waals surface area contributed by atoms with Crippen LogP contribution in [0.1, 0.15) is 32.1 Å². The molecular weight excluding hydrogens is 304 g/mol. The first-order chi connectivity index (χ1) is 11.7. The fraction of sp³-hybridized carbons (Fsp3) is 0.947. The molecule has 136 valence electrons.